The van der Waals surface area contributed by atoms with Crippen LogP contribution in [0.15, 0.2) is 42.6 Å². The van der Waals surface area contributed by atoms with Crippen LogP contribution in [-0.4, -0.2) is 55.4 Å². The van der Waals surface area contributed by atoms with E-state index < -0.39 is 6.04 Å². The topological polar surface area (TPSA) is 97.2 Å². The summed E-state index contributed by atoms with van der Waals surface area (Å²) >= 11 is 6.11. The number of rotatable bonds is 6. The molecule has 3 fully saturated rings. The zero-order valence-corrected chi connectivity index (χ0v) is 19.4. The van der Waals surface area contributed by atoms with Gasteiger partial charge in [-0.3, -0.25) is 14.4 Å². The van der Waals surface area contributed by atoms with Crippen molar-refractivity contribution < 1.29 is 14.4 Å². The lowest BCUT2D eigenvalue weighted by Crippen LogP contribution is -2.49. The van der Waals surface area contributed by atoms with Gasteiger partial charge < -0.3 is 10.2 Å². The fraction of sp³-hybridized carbons (Fsp3) is 0.400. The van der Waals surface area contributed by atoms with Crippen LogP contribution in [0.3, 0.4) is 0 Å². The molecule has 5 atom stereocenters. The van der Waals surface area contributed by atoms with Crippen molar-refractivity contribution in [1.29, 1.82) is 0 Å². The summed E-state index contributed by atoms with van der Waals surface area (Å²) in [5.41, 5.74) is 1.92. The van der Waals surface area contributed by atoms with Crippen LogP contribution in [0.4, 0.5) is 0 Å². The summed E-state index contributed by atoms with van der Waals surface area (Å²) < 4.78 is 1.48. The van der Waals surface area contributed by atoms with Gasteiger partial charge >= 0.3 is 0 Å². The van der Waals surface area contributed by atoms with Crippen LogP contribution in [0.5, 0.6) is 0 Å². The van der Waals surface area contributed by atoms with Gasteiger partial charge in [-0.25, -0.2) is 9.67 Å². The number of hydrogen-bond donors (Lipinski definition) is 1. The predicted molar refractivity (Wildman–Crippen MR) is 125 cm³/mol. The number of likely N-dealkylation sites (tertiary alicyclic amines) is 1. The minimum Gasteiger partial charge on any atom is -0.351 e. The lowest BCUT2D eigenvalue weighted by molar-refractivity contribution is -0.140. The predicted octanol–water partition coefficient (Wildman–Crippen LogP) is 2.95. The Kier molecular flexibility index (Phi) is 4.95. The highest BCUT2D eigenvalue weighted by molar-refractivity contribution is 6.30. The molecule has 1 unspecified atom stereocenters. The number of piperidine rings is 1. The average Bonchev–Trinajstić information content (AvgIpc) is 3.69. The molecule has 1 aliphatic heterocycles. The maximum atomic E-state index is 13.4. The summed E-state index contributed by atoms with van der Waals surface area (Å²) in [4.78, 5) is 44.6. The van der Waals surface area contributed by atoms with Crippen molar-refractivity contribution in [3.8, 4) is 0 Å². The first-order chi connectivity index (χ1) is 16.4. The number of fused-ring (bicyclic) bond motifs is 2. The van der Waals surface area contributed by atoms with Gasteiger partial charge in [0.15, 0.2) is 11.4 Å². The van der Waals surface area contributed by atoms with Crippen LogP contribution in [0.25, 0.3) is 11.0 Å². The number of carbonyl (C=O) groups excluding carboxylic acids is 3. The number of Topliss-reactive ketones (excluding diaryl/α,β-unsaturated/α-hetero) is 1. The van der Waals surface area contributed by atoms with Gasteiger partial charge in [0.25, 0.3) is 0 Å². The van der Waals surface area contributed by atoms with Gasteiger partial charge in [-0.05, 0) is 55.0 Å². The standard InChI is InChI=1S/C25H24ClN5O3/c1-13(32)23-17-6-3-7-27-24(17)30(29-23)12-22(33)31-20-9-15(20)10-21(31)25(34)28-19-11-18(19)14-4-2-5-16(26)8-14/h2-8,15,18-21H,9-12H2,1H3,(H,28,34)/t15-,18+,19?,20-,21+/m1/s1. The molecule has 3 aromatic rings. The van der Waals surface area contributed by atoms with E-state index in [0.717, 1.165) is 18.4 Å². The first-order valence-electron chi connectivity index (χ1n) is 11.6. The monoisotopic (exact) mass is 477 g/mol. The number of amides is 2. The Morgan fingerprint density at radius 2 is 2.00 bits per heavy atom. The van der Waals surface area contributed by atoms with Gasteiger partial charge in [-0.1, -0.05) is 23.7 Å². The maximum absolute atomic E-state index is 13.4. The molecule has 1 aromatic carbocycles. The smallest absolute Gasteiger partial charge is 0.245 e. The average molecular weight is 478 g/mol. The van der Waals surface area contributed by atoms with Crippen molar-refractivity contribution in [3.05, 3.63) is 58.9 Å². The Labute approximate surface area is 201 Å². The summed E-state index contributed by atoms with van der Waals surface area (Å²) in [5.74, 6) is 0.196. The molecule has 2 saturated carbocycles. The Balaban J connectivity index is 1.17. The molecule has 174 valence electrons. The lowest BCUT2D eigenvalue weighted by Gasteiger charge is -2.27. The fourth-order valence-corrected chi connectivity index (χ4v) is 5.58. The van der Waals surface area contributed by atoms with Gasteiger partial charge in [0.2, 0.25) is 11.8 Å². The van der Waals surface area contributed by atoms with Crippen molar-refractivity contribution in [1.82, 2.24) is 25.0 Å². The molecule has 3 heterocycles. The molecule has 8 nitrogen and oxygen atoms in total. The van der Waals surface area contributed by atoms with E-state index >= 15 is 0 Å². The highest BCUT2D eigenvalue weighted by Crippen LogP contribution is 2.48. The summed E-state index contributed by atoms with van der Waals surface area (Å²) in [6, 6.07) is 11.0. The van der Waals surface area contributed by atoms with E-state index in [-0.39, 0.29) is 42.1 Å². The van der Waals surface area contributed by atoms with Gasteiger partial charge in [-0.2, -0.15) is 5.10 Å². The van der Waals surface area contributed by atoms with Crippen LogP contribution in [0.2, 0.25) is 5.02 Å². The lowest BCUT2D eigenvalue weighted by atomic mass is 10.1. The van der Waals surface area contributed by atoms with E-state index in [9.17, 15) is 14.4 Å². The summed E-state index contributed by atoms with van der Waals surface area (Å²) in [6.45, 7) is 1.40. The molecule has 6 rings (SSSR count). The van der Waals surface area contributed by atoms with E-state index in [2.05, 4.69) is 15.4 Å². The normalized spacial score (nSPS) is 26.9. The number of carbonyl (C=O) groups is 3. The van der Waals surface area contributed by atoms with E-state index in [0.29, 0.717) is 34.1 Å². The zero-order valence-electron chi connectivity index (χ0n) is 18.6. The van der Waals surface area contributed by atoms with Crippen LogP contribution in [-0.2, 0) is 16.1 Å². The number of ketones is 1. The van der Waals surface area contributed by atoms with E-state index in [1.807, 2.05) is 24.3 Å². The van der Waals surface area contributed by atoms with Crippen LogP contribution in [0, 0.1) is 5.92 Å². The molecule has 2 aromatic heterocycles. The molecule has 0 radical (unpaired) electrons. The number of aromatic nitrogens is 3. The quantitative estimate of drug-likeness (QED) is 0.550. The molecule has 2 aliphatic carbocycles. The van der Waals surface area contributed by atoms with E-state index in [1.165, 1.54) is 11.6 Å². The molecule has 1 N–H and O–H groups in total. The van der Waals surface area contributed by atoms with Crippen molar-refractivity contribution in [2.75, 3.05) is 0 Å². The van der Waals surface area contributed by atoms with Gasteiger partial charge in [-0.15, -0.1) is 0 Å². The number of nitrogens with one attached hydrogen (secondary N) is 1. The summed E-state index contributed by atoms with van der Waals surface area (Å²) in [7, 11) is 0. The number of halogens is 1. The number of benzene rings is 1. The molecule has 0 spiro atoms. The molecule has 0 bridgehead atoms. The Bertz CT molecular complexity index is 1340. The number of hydrogen-bond acceptors (Lipinski definition) is 5. The number of nitrogens with zero attached hydrogens (tertiary/aromatic N) is 4. The molecule has 1 saturated heterocycles. The van der Waals surface area contributed by atoms with E-state index in [1.54, 1.807) is 23.2 Å². The largest absolute Gasteiger partial charge is 0.351 e. The molecule has 9 heteroatoms. The Hall–Kier alpha value is -3.26. The zero-order chi connectivity index (χ0) is 23.6. The van der Waals surface area contributed by atoms with Crippen molar-refractivity contribution in [2.24, 2.45) is 5.92 Å². The van der Waals surface area contributed by atoms with E-state index in [4.69, 9.17) is 11.6 Å². The third kappa shape index (κ3) is 3.66. The highest BCUT2D eigenvalue weighted by atomic mass is 35.5. The van der Waals surface area contributed by atoms with Gasteiger partial charge in [0.1, 0.15) is 18.3 Å². The second-order valence-corrected chi connectivity index (χ2v) is 10.0. The number of pyridine rings is 1. The van der Waals surface area contributed by atoms with Gasteiger partial charge in [0.05, 0.1) is 5.39 Å². The first-order valence-corrected chi connectivity index (χ1v) is 12.0. The highest BCUT2D eigenvalue weighted by Gasteiger charge is 2.56. The summed E-state index contributed by atoms with van der Waals surface area (Å²) in [6.07, 6.45) is 4.11. The van der Waals surface area contributed by atoms with Crippen molar-refractivity contribution in [2.45, 2.75) is 56.8 Å². The maximum Gasteiger partial charge on any atom is 0.245 e. The third-order valence-corrected chi connectivity index (χ3v) is 7.45. The second kappa shape index (κ2) is 7.91. The molecular formula is C25H24ClN5O3. The fourth-order valence-electron chi connectivity index (χ4n) is 5.38. The molecule has 2 amide bonds. The van der Waals surface area contributed by atoms with Crippen LogP contribution < -0.4 is 5.32 Å². The Morgan fingerprint density at radius 1 is 1.15 bits per heavy atom. The van der Waals surface area contributed by atoms with Crippen LogP contribution >= 0.6 is 11.6 Å². The third-order valence-electron chi connectivity index (χ3n) is 7.22. The summed E-state index contributed by atoms with van der Waals surface area (Å²) in [5, 5.41) is 8.83. The Morgan fingerprint density at radius 3 is 2.79 bits per heavy atom. The van der Waals surface area contributed by atoms with Crippen LogP contribution in [0.1, 0.15) is 48.2 Å². The molecular weight excluding hydrogens is 454 g/mol. The minimum absolute atomic E-state index is 0.0532. The molecule has 3 aliphatic rings. The minimum atomic E-state index is -0.473. The van der Waals surface area contributed by atoms with Crippen molar-refractivity contribution >= 4 is 40.2 Å². The van der Waals surface area contributed by atoms with Crippen molar-refractivity contribution in [3.63, 3.8) is 0 Å². The molecule has 34 heavy (non-hydrogen) atoms. The van der Waals surface area contributed by atoms with Gasteiger partial charge in [0, 0.05) is 36.1 Å². The SMILES string of the molecule is CC(=O)c1nn(CC(=O)N2[C@@H]3C[C@@H]3C[C@H]2C(=O)NC2C[C@H]2c2cccc(Cl)c2)c2ncccc12. The first kappa shape index (κ1) is 21.3. The second-order valence-electron chi connectivity index (χ2n) is 9.56.